The smallest absolute Gasteiger partial charge is 0.0788 e. The summed E-state index contributed by atoms with van der Waals surface area (Å²) in [5.41, 5.74) is 9.76. The minimum absolute atomic E-state index is 1.16. The van der Waals surface area contributed by atoms with E-state index in [0.29, 0.717) is 0 Å². The van der Waals surface area contributed by atoms with Gasteiger partial charge < -0.3 is 8.97 Å². The van der Waals surface area contributed by atoms with E-state index in [-0.39, 0.29) is 0 Å². The highest BCUT2D eigenvalue weighted by Crippen LogP contribution is 2.41. The molecular formula is C42H26N2. The first kappa shape index (κ1) is 23.7. The van der Waals surface area contributed by atoms with Crippen LogP contribution in [0.5, 0.6) is 0 Å². The standard InChI is InChI=1S/C42H26N2/c1-2-11-28-24-30(21-20-27(28)10-1)29-12-9-13-32(25-29)43-38-18-7-6-17-36(38)37-23-22-31-26-40-35-16-4-3-14-33(35)34-15-5-8-19-39(34)44(40)41(31)42(37)43/h1-26H. The van der Waals surface area contributed by atoms with Crippen LogP contribution < -0.4 is 0 Å². The van der Waals surface area contributed by atoms with Crippen molar-refractivity contribution in [1.29, 1.82) is 0 Å². The molecule has 204 valence electrons. The van der Waals surface area contributed by atoms with Gasteiger partial charge in [-0.05, 0) is 63.7 Å². The average molecular weight is 559 g/mol. The maximum Gasteiger partial charge on any atom is 0.0788 e. The number of hydrogen-bond donors (Lipinski definition) is 0. The lowest BCUT2D eigenvalue weighted by Gasteiger charge is -2.13. The summed E-state index contributed by atoms with van der Waals surface area (Å²) in [5, 5.41) is 10.1. The zero-order chi connectivity index (χ0) is 28.8. The summed E-state index contributed by atoms with van der Waals surface area (Å²) in [5.74, 6) is 0. The third-order valence-corrected chi connectivity index (χ3v) is 9.42. The van der Waals surface area contributed by atoms with Gasteiger partial charge in [-0.3, -0.25) is 0 Å². The molecule has 0 aliphatic rings. The van der Waals surface area contributed by atoms with Gasteiger partial charge in [0.2, 0.25) is 0 Å². The Labute approximate surface area is 253 Å². The van der Waals surface area contributed by atoms with E-state index in [4.69, 9.17) is 0 Å². The van der Waals surface area contributed by atoms with Gasteiger partial charge in [0.1, 0.15) is 0 Å². The molecule has 0 saturated carbocycles. The highest BCUT2D eigenvalue weighted by atomic mass is 15.0. The van der Waals surface area contributed by atoms with Gasteiger partial charge in [-0.25, -0.2) is 0 Å². The first-order valence-electron chi connectivity index (χ1n) is 15.2. The van der Waals surface area contributed by atoms with Crippen molar-refractivity contribution >= 4 is 70.7 Å². The minimum Gasteiger partial charge on any atom is -0.307 e. The predicted octanol–water partition coefficient (Wildman–Crippen LogP) is 11.3. The number of hydrogen-bond acceptors (Lipinski definition) is 0. The van der Waals surface area contributed by atoms with Gasteiger partial charge in [-0.2, -0.15) is 0 Å². The zero-order valence-electron chi connectivity index (χ0n) is 23.9. The molecule has 10 rings (SSSR count). The SMILES string of the molecule is c1cc(-c2ccc3ccccc3c2)cc(-n2c3ccccc3c3ccc4cc5c6ccccc6c6ccccc6n5c4c32)c1. The molecule has 7 aromatic carbocycles. The Morgan fingerprint density at radius 1 is 0.318 bits per heavy atom. The van der Waals surface area contributed by atoms with Crippen molar-refractivity contribution < 1.29 is 0 Å². The number of nitrogens with zero attached hydrogens (tertiary/aromatic N) is 2. The zero-order valence-corrected chi connectivity index (χ0v) is 23.9. The van der Waals surface area contributed by atoms with Crippen molar-refractivity contribution in [2.75, 3.05) is 0 Å². The maximum absolute atomic E-state index is 2.50. The monoisotopic (exact) mass is 558 g/mol. The van der Waals surface area contributed by atoms with Crippen molar-refractivity contribution in [3.63, 3.8) is 0 Å². The van der Waals surface area contributed by atoms with Crippen LogP contribution in [0.25, 0.3) is 87.5 Å². The molecule has 0 N–H and O–H groups in total. The molecule has 3 heterocycles. The molecule has 2 nitrogen and oxygen atoms in total. The third kappa shape index (κ3) is 3.20. The second-order valence-corrected chi connectivity index (χ2v) is 11.8. The van der Waals surface area contributed by atoms with Crippen molar-refractivity contribution in [3.05, 3.63) is 158 Å². The number of aromatic nitrogens is 2. The number of benzene rings is 7. The van der Waals surface area contributed by atoms with Gasteiger partial charge in [-0.15, -0.1) is 0 Å². The molecule has 0 saturated heterocycles. The lowest BCUT2D eigenvalue weighted by atomic mass is 10.0. The molecule has 0 atom stereocenters. The summed E-state index contributed by atoms with van der Waals surface area (Å²) in [4.78, 5) is 0. The van der Waals surface area contributed by atoms with Crippen LogP contribution in [0.3, 0.4) is 0 Å². The van der Waals surface area contributed by atoms with Gasteiger partial charge >= 0.3 is 0 Å². The molecule has 0 aliphatic heterocycles. The van der Waals surface area contributed by atoms with E-state index in [0.717, 1.165) is 5.69 Å². The summed E-state index contributed by atoms with van der Waals surface area (Å²) in [6, 6.07) is 57.8. The van der Waals surface area contributed by atoms with E-state index in [9.17, 15) is 0 Å². The Bertz CT molecular complexity index is 2780. The van der Waals surface area contributed by atoms with Crippen molar-refractivity contribution in [3.8, 4) is 16.8 Å². The highest BCUT2D eigenvalue weighted by molar-refractivity contribution is 6.22. The Hall–Kier alpha value is -5.86. The van der Waals surface area contributed by atoms with Crippen LogP contribution in [0.15, 0.2) is 158 Å². The molecule has 0 fully saturated rings. The fourth-order valence-electron chi connectivity index (χ4n) is 7.49. The van der Waals surface area contributed by atoms with Crippen LogP contribution in [-0.4, -0.2) is 8.97 Å². The Kier molecular flexibility index (Phi) is 4.75. The van der Waals surface area contributed by atoms with Crippen molar-refractivity contribution in [1.82, 2.24) is 8.97 Å². The molecule has 10 aromatic rings. The summed E-state index contributed by atoms with van der Waals surface area (Å²) in [7, 11) is 0. The minimum atomic E-state index is 1.16. The molecule has 3 aromatic heterocycles. The van der Waals surface area contributed by atoms with E-state index < -0.39 is 0 Å². The van der Waals surface area contributed by atoms with E-state index in [2.05, 4.69) is 167 Å². The highest BCUT2D eigenvalue weighted by Gasteiger charge is 2.20. The maximum atomic E-state index is 2.50. The lowest BCUT2D eigenvalue weighted by molar-refractivity contribution is 1.18. The Morgan fingerprint density at radius 2 is 0.955 bits per heavy atom. The largest absolute Gasteiger partial charge is 0.307 e. The van der Waals surface area contributed by atoms with E-state index in [1.165, 1.54) is 81.8 Å². The summed E-state index contributed by atoms with van der Waals surface area (Å²) in [6.07, 6.45) is 0. The van der Waals surface area contributed by atoms with Crippen LogP contribution in [0.1, 0.15) is 0 Å². The first-order valence-corrected chi connectivity index (χ1v) is 15.2. The van der Waals surface area contributed by atoms with Crippen molar-refractivity contribution in [2.24, 2.45) is 0 Å². The molecule has 2 heteroatoms. The van der Waals surface area contributed by atoms with Gasteiger partial charge in [0.25, 0.3) is 0 Å². The van der Waals surface area contributed by atoms with Gasteiger partial charge in [-0.1, -0.05) is 121 Å². The molecule has 44 heavy (non-hydrogen) atoms. The second kappa shape index (κ2) is 8.82. The molecule has 0 bridgehead atoms. The van der Waals surface area contributed by atoms with Crippen LogP contribution >= 0.6 is 0 Å². The second-order valence-electron chi connectivity index (χ2n) is 11.8. The number of pyridine rings is 1. The topological polar surface area (TPSA) is 9.34 Å². The average Bonchev–Trinajstić information content (AvgIpc) is 3.65. The van der Waals surface area contributed by atoms with E-state index >= 15 is 0 Å². The first-order chi connectivity index (χ1) is 21.8. The Morgan fingerprint density at radius 3 is 1.80 bits per heavy atom. The molecule has 0 aliphatic carbocycles. The van der Waals surface area contributed by atoms with Gasteiger partial charge in [0.05, 0.1) is 27.6 Å². The van der Waals surface area contributed by atoms with Crippen molar-refractivity contribution in [2.45, 2.75) is 0 Å². The molecular weight excluding hydrogens is 532 g/mol. The van der Waals surface area contributed by atoms with Gasteiger partial charge in [0.15, 0.2) is 0 Å². The lowest BCUT2D eigenvalue weighted by Crippen LogP contribution is -1.97. The quantitative estimate of drug-likeness (QED) is 0.187. The van der Waals surface area contributed by atoms with E-state index in [1.807, 2.05) is 0 Å². The predicted molar refractivity (Wildman–Crippen MR) is 187 cm³/mol. The Balaban J connectivity index is 1.36. The van der Waals surface area contributed by atoms with Crippen LogP contribution in [0.4, 0.5) is 0 Å². The number of fused-ring (bicyclic) bond motifs is 13. The summed E-state index contributed by atoms with van der Waals surface area (Å²) >= 11 is 0. The third-order valence-electron chi connectivity index (χ3n) is 9.42. The van der Waals surface area contributed by atoms with Crippen LogP contribution in [-0.2, 0) is 0 Å². The summed E-state index contributed by atoms with van der Waals surface area (Å²) < 4.78 is 4.98. The van der Waals surface area contributed by atoms with Crippen LogP contribution in [0.2, 0.25) is 0 Å². The fraction of sp³-hybridized carbons (Fsp3) is 0. The van der Waals surface area contributed by atoms with Crippen LogP contribution in [0, 0.1) is 0 Å². The molecule has 0 radical (unpaired) electrons. The van der Waals surface area contributed by atoms with Gasteiger partial charge in [0, 0.05) is 32.6 Å². The fourth-order valence-corrected chi connectivity index (χ4v) is 7.49. The molecule has 0 amide bonds. The number of para-hydroxylation sites is 2. The number of rotatable bonds is 2. The normalized spacial score (nSPS) is 12.1. The van der Waals surface area contributed by atoms with E-state index in [1.54, 1.807) is 0 Å². The molecule has 0 unspecified atom stereocenters. The molecule has 0 spiro atoms. The summed E-state index contributed by atoms with van der Waals surface area (Å²) in [6.45, 7) is 0.